The lowest BCUT2D eigenvalue weighted by molar-refractivity contribution is -0.143. The molecule has 0 N–H and O–H groups in total. The molecular formula is C18H24N2O4. The summed E-state index contributed by atoms with van der Waals surface area (Å²) in [5.41, 5.74) is 0.733. The Bertz CT molecular complexity index is 623. The maximum absolute atomic E-state index is 12.5. The van der Waals surface area contributed by atoms with E-state index in [1.807, 2.05) is 43.0 Å². The van der Waals surface area contributed by atoms with Gasteiger partial charge in [-0.15, -0.1) is 0 Å². The first-order valence-corrected chi connectivity index (χ1v) is 8.46. The molecule has 1 saturated heterocycles. The minimum atomic E-state index is -0.529. The van der Waals surface area contributed by atoms with Gasteiger partial charge < -0.3 is 19.3 Å². The number of anilines is 1. The molecule has 6 heteroatoms. The summed E-state index contributed by atoms with van der Waals surface area (Å²) < 4.78 is 11.3. The molecule has 2 heterocycles. The number of carbonyl (C=O) groups is 2. The molecule has 0 bridgehead atoms. The lowest BCUT2D eigenvalue weighted by Crippen LogP contribution is -2.50. The van der Waals surface area contributed by atoms with Gasteiger partial charge in [0, 0.05) is 26.1 Å². The van der Waals surface area contributed by atoms with Crippen LogP contribution in [0.1, 0.15) is 27.2 Å². The Hall–Kier alpha value is -2.08. The largest absolute Gasteiger partial charge is 0.479 e. The quantitative estimate of drug-likeness (QED) is 0.847. The summed E-state index contributed by atoms with van der Waals surface area (Å²) in [4.78, 5) is 28.5. The smallest absolute Gasteiger partial charge is 0.267 e. The Morgan fingerprint density at radius 3 is 2.54 bits per heavy atom. The van der Waals surface area contributed by atoms with Crippen LogP contribution in [-0.2, 0) is 14.3 Å². The molecule has 3 unspecified atom stereocenters. The van der Waals surface area contributed by atoms with Gasteiger partial charge in [-0.25, -0.2) is 0 Å². The average molecular weight is 332 g/mol. The van der Waals surface area contributed by atoms with Crippen molar-refractivity contribution in [2.45, 2.75) is 45.5 Å². The highest BCUT2D eigenvalue weighted by Gasteiger charge is 2.32. The van der Waals surface area contributed by atoms with Gasteiger partial charge in [-0.3, -0.25) is 9.59 Å². The van der Waals surface area contributed by atoms with Crippen LogP contribution in [0.5, 0.6) is 5.75 Å². The Morgan fingerprint density at radius 2 is 1.83 bits per heavy atom. The third-order valence-electron chi connectivity index (χ3n) is 4.40. The number of hydrogen-bond donors (Lipinski definition) is 0. The Balaban J connectivity index is 1.67. The molecule has 2 aliphatic heterocycles. The first-order valence-electron chi connectivity index (χ1n) is 8.46. The van der Waals surface area contributed by atoms with E-state index in [9.17, 15) is 9.59 Å². The molecule has 2 amide bonds. The molecule has 3 atom stereocenters. The van der Waals surface area contributed by atoms with Crippen molar-refractivity contribution in [3.63, 3.8) is 0 Å². The molecule has 1 fully saturated rings. The first-order chi connectivity index (χ1) is 11.5. The predicted molar refractivity (Wildman–Crippen MR) is 90.1 cm³/mol. The third kappa shape index (κ3) is 3.38. The van der Waals surface area contributed by atoms with E-state index in [-0.39, 0.29) is 24.0 Å². The van der Waals surface area contributed by atoms with E-state index >= 15 is 0 Å². The number of rotatable bonds is 3. The number of nitrogens with zero attached hydrogens (tertiary/aromatic N) is 2. The zero-order valence-corrected chi connectivity index (χ0v) is 14.4. The van der Waals surface area contributed by atoms with Crippen LogP contribution in [0.3, 0.4) is 0 Å². The van der Waals surface area contributed by atoms with Crippen molar-refractivity contribution in [3.8, 4) is 5.75 Å². The number of amides is 2. The highest BCUT2D eigenvalue weighted by atomic mass is 16.5. The lowest BCUT2D eigenvalue weighted by Gasteiger charge is -2.36. The number of fused-ring (bicyclic) bond motifs is 1. The van der Waals surface area contributed by atoms with Crippen molar-refractivity contribution in [3.05, 3.63) is 24.3 Å². The molecule has 0 aromatic heterocycles. The van der Waals surface area contributed by atoms with Crippen molar-refractivity contribution in [2.75, 3.05) is 24.5 Å². The molecule has 0 spiro atoms. The second-order valence-electron chi connectivity index (χ2n) is 6.52. The second kappa shape index (κ2) is 6.81. The SMILES string of the molecule is CC1CN(C(=O)CCN2C(=O)C(C)Oc3ccccc32)CC(C)O1. The lowest BCUT2D eigenvalue weighted by atomic mass is 10.1. The molecule has 3 rings (SSSR count). The van der Waals surface area contributed by atoms with Crippen molar-refractivity contribution >= 4 is 17.5 Å². The summed E-state index contributed by atoms with van der Waals surface area (Å²) >= 11 is 0. The maximum Gasteiger partial charge on any atom is 0.267 e. The molecule has 1 aromatic carbocycles. The number of hydrogen-bond acceptors (Lipinski definition) is 4. The van der Waals surface area contributed by atoms with Crippen LogP contribution < -0.4 is 9.64 Å². The molecule has 0 radical (unpaired) electrons. The Morgan fingerprint density at radius 1 is 1.17 bits per heavy atom. The topological polar surface area (TPSA) is 59.1 Å². The third-order valence-corrected chi connectivity index (χ3v) is 4.40. The number of para-hydroxylation sites is 2. The van der Waals surface area contributed by atoms with Crippen LogP contribution >= 0.6 is 0 Å². The van der Waals surface area contributed by atoms with E-state index < -0.39 is 6.10 Å². The average Bonchev–Trinajstić information content (AvgIpc) is 2.54. The van der Waals surface area contributed by atoms with Crippen molar-refractivity contribution in [2.24, 2.45) is 0 Å². The van der Waals surface area contributed by atoms with Gasteiger partial charge in [0.15, 0.2) is 6.10 Å². The van der Waals surface area contributed by atoms with Gasteiger partial charge in [-0.05, 0) is 32.9 Å². The van der Waals surface area contributed by atoms with Crippen LogP contribution in [0.25, 0.3) is 0 Å². The number of carbonyl (C=O) groups excluding carboxylic acids is 2. The Kier molecular flexibility index (Phi) is 4.76. The van der Waals surface area contributed by atoms with Crippen LogP contribution in [0, 0.1) is 0 Å². The summed E-state index contributed by atoms with van der Waals surface area (Å²) in [6, 6.07) is 7.44. The fraction of sp³-hybridized carbons (Fsp3) is 0.556. The summed E-state index contributed by atoms with van der Waals surface area (Å²) in [6.45, 7) is 7.25. The van der Waals surface area contributed by atoms with Crippen molar-refractivity contribution in [1.82, 2.24) is 4.90 Å². The Labute approximate surface area is 142 Å². The fourth-order valence-electron chi connectivity index (χ4n) is 3.34. The van der Waals surface area contributed by atoms with Crippen LogP contribution in [-0.4, -0.2) is 54.7 Å². The number of benzene rings is 1. The summed E-state index contributed by atoms with van der Waals surface area (Å²) in [5, 5.41) is 0. The van der Waals surface area contributed by atoms with E-state index in [4.69, 9.17) is 9.47 Å². The van der Waals surface area contributed by atoms with Gasteiger partial charge in [0.2, 0.25) is 5.91 Å². The van der Waals surface area contributed by atoms with Gasteiger partial charge >= 0.3 is 0 Å². The van der Waals surface area contributed by atoms with Crippen molar-refractivity contribution in [1.29, 1.82) is 0 Å². The molecule has 24 heavy (non-hydrogen) atoms. The van der Waals surface area contributed by atoms with Gasteiger partial charge in [-0.2, -0.15) is 0 Å². The van der Waals surface area contributed by atoms with E-state index in [0.717, 1.165) is 5.69 Å². The molecular weight excluding hydrogens is 308 g/mol. The van der Waals surface area contributed by atoms with Crippen LogP contribution in [0.15, 0.2) is 24.3 Å². The summed E-state index contributed by atoms with van der Waals surface area (Å²) in [7, 11) is 0. The zero-order chi connectivity index (χ0) is 17.3. The van der Waals surface area contributed by atoms with Gasteiger partial charge in [0.25, 0.3) is 5.91 Å². The molecule has 0 aliphatic carbocycles. The van der Waals surface area contributed by atoms with Gasteiger partial charge in [-0.1, -0.05) is 12.1 Å². The fourth-order valence-corrected chi connectivity index (χ4v) is 3.34. The number of ether oxygens (including phenoxy) is 2. The first kappa shape index (κ1) is 16.8. The molecule has 6 nitrogen and oxygen atoms in total. The molecule has 0 saturated carbocycles. The molecule has 1 aromatic rings. The summed E-state index contributed by atoms with van der Waals surface area (Å²) in [5.74, 6) is 0.636. The van der Waals surface area contributed by atoms with Crippen LogP contribution in [0.2, 0.25) is 0 Å². The normalized spacial score (nSPS) is 26.8. The van der Waals surface area contributed by atoms with E-state index in [2.05, 4.69) is 0 Å². The minimum Gasteiger partial charge on any atom is -0.479 e. The van der Waals surface area contributed by atoms with E-state index in [1.165, 1.54) is 0 Å². The minimum absolute atomic E-state index is 0.0449. The predicted octanol–water partition coefficient (Wildman–Crippen LogP) is 1.83. The van der Waals surface area contributed by atoms with Crippen molar-refractivity contribution < 1.29 is 19.1 Å². The second-order valence-corrected chi connectivity index (χ2v) is 6.52. The van der Waals surface area contributed by atoms with Gasteiger partial charge in [0.05, 0.1) is 17.9 Å². The van der Waals surface area contributed by atoms with E-state index in [1.54, 1.807) is 11.8 Å². The highest BCUT2D eigenvalue weighted by molar-refractivity contribution is 6.00. The van der Waals surface area contributed by atoms with E-state index in [0.29, 0.717) is 31.8 Å². The zero-order valence-electron chi connectivity index (χ0n) is 14.4. The highest BCUT2D eigenvalue weighted by Crippen LogP contribution is 2.33. The molecule has 2 aliphatic rings. The summed E-state index contributed by atoms with van der Waals surface area (Å²) in [6.07, 6.45) is -0.142. The maximum atomic E-state index is 12.5. The number of morpholine rings is 1. The van der Waals surface area contributed by atoms with Gasteiger partial charge in [0.1, 0.15) is 5.75 Å². The monoisotopic (exact) mass is 332 g/mol. The van der Waals surface area contributed by atoms with Crippen LogP contribution in [0.4, 0.5) is 5.69 Å². The standard InChI is InChI=1S/C18H24N2O4/c1-12-10-19(11-13(2)23-12)17(21)8-9-20-15-6-4-5-7-16(15)24-14(3)18(20)22/h4-7,12-14H,8-11H2,1-3H3. The molecule has 130 valence electrons.